The molecule has 0 bridgehead atoms. The summed E-state index contributed by atoms with van der Waals surface area (Å²) in [5, 5.41) is 0. The maximum absolute atomic E-state index is 14.3. The number of carbonyl (C=O) groups is 2. The van der Waals surface area contributed by atoms with Crippen molar-refractivity contribution in [3.63, 3.8) is 0 Å². The highest BCUT2D eigenvalue weighted by atomic mass is 32.3. The van der Waals surface area contributed by atoms with Crippen LogP contribution in [0.3, 0.4) is 0 Å². The highest BCUT2D eigenvalue weighted by Gasteiger charge is 2.63. The molecule has 2 atom stereocenters. The molecular weight excluding hydrogens is 510 g/mol. The minimum Gasteiger partial charge on any atom is -0.285 e. The Hall–Kier alpha value is -3.04. The molecule has 1 fully saturated rings. The molecule has 2 aliphatic carbocycles. The number of unbranched alkanes of at least 4 members (excludes halogenated alkanes) is 1. The Morgan fingerprint density at radius 3 is 1.92 bits per heavy atom. The van der Waals surface area contributed by atoms with Crippen LogP contribution in [0.4, 0.5) is 0 Å². The summed E-state index contributed by atoms with van der Waals surface area (Å²) >= 11 is 0. The number of benzene rings is 2. The van der Waals surface area contributed by atoms with Crippen LogP contribution in [0, 0.1) is 11.8 Å². The van der Waals surface area contributed by atoms with E-state index in [0.29, 0.717) is 23.1 Å². The molecule has 7 nitrogen and oxygen atoms in total. The molecule has 1 aliphatic heterocycles. The lowest BCUT2D eigenvalue weighted by molar-refractivity contribution is -0.138. The standard InChI is InChI=1S/C28H29NO6S2/c1-3-4-15-22-24-18-28(36(32,33)20-11-7-5-8-12-20,37(34,35)21-13-9-6-10-14-21)17-19(24)16-23-25(22)27(31)29(2)26(23)30/h5-15,23,25H,3-4,16-18H2,1-2H3/b22-15+/t23-,25+/m1/s1. The fraction of sp³-hybridized carbons (Fsp3) is 0.357. The van der Waals surface area contributed by atoms with Crippen LogP contribution in [0.25, 0.3) is 0 Å². The van der Waals surface area contributed by atoms with Crippen molar-refractivity contribution in [2.45, 2.75) is 52.9 Å². The van der Waals surface area contributed by atoms with Gasteiger partial charge in [-0.15, -0.1) is 0 Å². The Morgan fingerprint density at radius 2 is 1.41 bits per heavy atom. The maximum atomic E-state index is 14.3. The van der Waals surface area contributed by atoms with Gasteiger partial charge in [0.2, 0.25) is 11.8 Å². The number of likely N-dealkylation sites (tertiary alicyclic amines) is 1. The maximum Gasteiger partial charge on any atom is 0.237 e. The molecule has 1 saturated heterocycles. The van der Waals surface area contributed by atoms with Gasteiger partial charge in [-0.1, -0.05) is 61.4 Å². The normalized spacial score (nSPS) is 24.5. The second-order valence-corrected chi connectivity index (χ2v) is 14.7. The van der Waals surface area contributed by atoms with Crippen LogP contribution < -0.4 is 0 Å². The number of allylic oxidation sites excluding steroid dienone is 3. The topological polar surface area (TPSA) is 106 Å². The number of fused-ring (bicyclic) bond motifs is 1. The molecule has 0 spiro atoms. The molecule has 1 heterocycles. The van der Waals surface area contributed by atoms with Crippen LogP contribution in [0.15, 0.2) is 93.2 Å². The Bertz CT molecular complexity index is 1470. The number of hydrogen-bond donors (Lipinski definition) is 0. The molecule has 2 aromatic rings. The number of nitrogens with zero attached hydrogens (tertiary/aromatic N) is 1. The molecule has 0 radical (unpaired) electrons. The van der Waals surface area contributed by atoms with Crippen molar-refractivity contribution >= 4 is 31.5 Å². The third-order valence-corrected chi connectivity index (χ3v) is 13.5. The lowest BCUT2D eigenvalue weighted by Gasteiger charge is -2.30. The number of sulfone groups is 2. The van der Waals surface area contributed by atoms with Gasteiger partial charge < -0.3 is 0 Å². The summed E-state index contributed by atoms with van der Waals surface area (Å²) in [6.07, 6.45) is 2.99. The van der Waals surface area contributed by atoms with Gasteiger partial charge in [0.15, 0.2) is 23.8 Å². The Kier molecular flexibility index (Phi) is 6.27. The van der Waals surface area contributed by atoms with Gasteiger partial charge in [-0.25, -0.2) is 16.8 Å². The van der Waals surface area contributed by atoms with E-state index in [1.807, 2.05) is 13.0 Å². The fourth-order valence-electron chi connectivity index (χ4n) is 5.98. The number of imide groups is 1. The van der Waals surface area contributed by atoms with Gasteiger partial charge in [-0.2, -0.15) is 0 Å². The van der Waals surface area contributed by atoms with Gasteiger partial charge in [0.25, 0.3) is 0 Å². The van der Waals surface area contributed by atoms with Gasteiger partial charge in [0, 0.05) is 19.9 Å². The van der Waals surface area contributed by atoms with Crippen molar-refractivity contribution in [3.05, 3.63) is 83.5 Å². The molecule has 2 amide bonds. The van der Waals surface area contributed by atoms with E-state index in [9.17, 15) is 26.4 Å². The van der Waals surface area contributed by atoms with E-state index >= 15 is 0 Å². The quantitative estimate of drug-likeness (QED) is 0.512. The predicted molar refractivity (Wildman–Crippen MR) is 139 cm³/mol. The summed E-state index contributed by atoms with van der Waals surface area (Å²) in [5.74, 6) is -1.98. The summed E-state index contributed by atoms with van der Waals surface area (Å²) in [7, 11) is -7.35. The van der Waals surface area contributed by atoms with Gasteiger partial charge in [-0.05, 0) is 48.3 Å². The Morgan fingerprint density at radius 1 is 0.865 bits per heavy atom. The molecule has 0 N–H and O–H groups in total. The highest BCUT2D eigenvalue weighted by Crippen LogP contribution is 2.57. The lowest BCUT2D eigenvalue weighted by atomic mass is 9.74. The van der Waals surface area contributed by atoms with E-state index < -0.39 is 35.6 Å². The molecule has 3 aliphatic rings. The van der Waals surface area contributed by atoms with Crippen LogP contribution in [-0.4, -0.2) is 44.7 Å². The molecule has 5 rings (SSSR count). The first-order valence-corrected chi connectivity index (χ1v) is 15.4. The minimum atomic E-state index is -4.41. The number of carbonyl (C=O) groups excluding carboxylic acids is 2. The molecule has 0 aromatic heterocycles. The van der Waals surface area contributed by atoms with E-state index in [-0.39, 0.29) is 40.9 Å². The molecule has 194 valence electrons. The molecular formula is C28H29NO6S2. The second kappa shape index (κ2) is 9.06. The van der Waals surface area contributed by atoms with Gasteiger partial charge in [0.05, 0.1) is 21.6 Å². The summed E-state index contributed by atoms with van der Waals surface area (Å²) in [5.41, 5.74) is 1.86. The zero-order valence-electron chi connectivity index (χ0n) is 20.8. The first kappa shape index (κ1) is 25.6. The first-order chi connectivity index (χ1) is 17.6. The van der Waals surface area contributed by atoms with Crippen molar-refractivity contribution in [2.75, 3.05) is 7.05 Å². The largest absolute Gasteiger partial charge is 0.285 e. The SMILES string of the molecule is CCC/C=C1\C2=C(C[C@H]3C(=O)N(C)C(=O)[C@@H]13)CC(S(=O)(=O)c1ccccc1)(S(=O)(=O)c1ccccc1)C2. The van der Waals surface area contributed by atoms with Gasteiger partial charge in [0.1, 0.15) is 0 Å². The summed E-state index contributed by atoms with van der Waals surface area (Å²) in [4.78, 5) is 27.1. The molecule has 0 unspecified atom stereocenters. The summed E-state index contributed by atoms with van der Waals surface area (Å²) in [6.45, 7) is 1.99. The van der Waals surface area contributed by atoms with Crippen LogP contribution in [0.1, 0.15) is 39.0 Å². The number of amides is 2. The average Bonchev–Trinajstić information content (AvgIpc) is 3.41. The van der Waals surface area contributed by atoms with E-state index in [4.69, 9.17) is 0 Å². The van der Waals surface area contributed by atoms with Crippen molar-refractivity contribution in [1.82, 2.24) is 4.90 Å². The van der Waals surface area contributed by atoms with Crippen LogP contribution >= 0.6 is 0 Å². The lowest BCUT2D eigenvalue weighted by Crippen LogP contribution is -2.45. The summed E-state index contributed by atoms with van der Waals surface area (Å²) in [6, 6.07) is 15.3. The Balaban J connectivity index is 1.72. The zero-order valence-corrected chi connectivity index (χ0v) is 22.4. The van der Waals surface area contributed by atoms with E-state index in [2.05, 4.69) is 0 Å². The first-order valence-electron chi connectivity index (χ1n) is 12.4. The zero-order chi connectivity index (χ0) is 26.6. The number of hydrogen-bond acceptors (Lipinski definition) is 6. The van der Waals surface area contributed by atoms with Crippen molar-refractivity contribution in [2.24, 2.45) is 11.8 Å². The van der Waals surface area contributed by atoms with Gasteiger partial charge >= 0.3 is 0 Å². The van der Waals surface area contributed by atoms with Crippen LogP contribution in [0.2, 0.25) is 0 Å². The smallest absolute Gasteiger partial charge is 0.237 e. The van der Waals surface area contributed by atoms with E-state index in [0.717, 1.165) is 11.3 Å². The average molecular weight is 540 g/mol. The monoisotopic (exact) mass is 539 g/mol. The molecule has 9 heteroatoms. The third kappa shape index (κ3) is 3.66. The van der Waals surface area contributed by atoms with Crippen molar-refractivity contribution in [1.29, 1.82) is 0 Å². The third-order valence-electron chi connectivity index (χ3n) is 7.89. The van der Waals surface area contributed by atoms with E-state index in [1.54, 1.807) is 36.4 Å². The van der Waals surface area contributed by atoms with Crippen LogP contribution in [-0.2, 0) is 29.3 Å². The van der Waals surface area contributed by atoms with E-state index in [1.165, 1.54) is 31.3 Å². The van der Waals surface area contributed by atoms with Crippen molar-refractivity contribution < 1.29 is 26.4 Å². The summed E-state index contributed by atoms with van der Waals surface area (Å²) < 4.78 is 55.0. The fourth-order valence-corrected chi connectivity index (χ4v) is 11.0. The number of rotatable bonds is 6. The van der Waals surface area contributed by atoms with Crippen molar-refractivity contribution in [3.8, 4) is 0 Å². The molecule has 2 aromatic carbocycles. The van der Waals surface area contributed by atoms with Crippen LogP contribution in [0.5, 0.6) is 0 Å². The molecule has 0 saturated carbocycles. The highest BCUT2D eigenvalue weighted by molar-refractivity contribution is 8.10. The molecule has 37 heavy (non-hydrogen) atoms. The second-order valence-electron chi connectivity index (χ2n) is 9.95. The predicted octanol–water partition coefficient (Wildman–Crippen LogP) is 4.08. The minimum absolute atomic E-state index is 0.0690. The Labute approximate surface area is 217 Å². The van der Waals surface area contributed by atoms with Gasteiger partial charge in [-0.3, -0.25) is 14.5 Å².